The van der Waals surface area contributed by atoms with Crippen LogP contribution in [0.5, 0.6) is 0 Å². The van der Waals surface area contributed by atoms with Crippen molar-refractivity contribution < 1.29 is 9.50 Å². The van der Waals surface area contributed by atoms with Crippen LogP contribution in [0, 0.1) is 11.7 Å². The molecular formula is C13H20FNO. The van der Waals surface area contributed by atoms with Crippen molar-refractivity contribution in [3.63, 3.8) is 0 Å². The van der Waals surface area contributed by atoms with Crippen LogP contribution in [0.3, 0.4) is 0 Å². The molecule has 0 fully saturated rings. The van der Waals surface area contributed by atoms with Gasteiger partial charge in [0.05, 0.1) is 11.9 Å². The summed E-state index contributed by atoms with van der Waals surface area (Å²) in [5.41, 5.74) is -0.359. The summed E-state index contributed by atoms with van der Waals surface area (Å²) < 4.78 is 12.8. The Labute approximate surface area is 96.5 Å². The molecule has 1 aromatic rings. The van der Waals surface area contributed by atoms with Gasteiger partial charge in [-0.05, 0) is 24.5 Å². The molecule has 0 saturated heterocycles. The lowest BCUT2D eigenvalue weighted by molar-refractivity contribution is -0.0352. The Morgan fingerprint density at radius 3 is 2.31 bits per heavy atom. The average molecular weight is 225 g/mol. The van der Waals surface area contributed by atoms with Crippen LogP contribution in [0.4, 0.5) is 4.39 Å². The molecule has 0 aliphatic heterocycles. The Bertz CT molecular complexity index is 321. The molecule has 1 N–H and O–H groups in total. The van der Waals surface area contributed by atoms with Gasteiger partial charge in [0.25, 0.3) is 0 Å². The summed E-state index contributed by atoms with van der Waals surface area (Å²) in [6, 6.07) is 2.93. The van der Waals surface area contributed by atoms with Crippen molar-refractivity contribution >= 4 is 0 Å². The number of hydrogen-bond acceptors (Lipinski definition) is 2. The SMILES string of the molecule is CCC(CC)C(O)(CC)c1ccc(F)cn1. The Morgan fingerprint density at radius 1 is 1.31 bits per heavy atom. The molecule has 0 radical (unpaired) electrons. The lowest BCUT2D eigenvalue weighted by Gasteiger charge is -2.34. The Morgan fingerprint density at radius 2 is 1.94 bits per heavy atom. The van der Waals surface area contributed by atoms with E-state index in [2.05, 4.69) is 18.8 Å². The smallest absolute Gasteiger partial charge is 0.141 e. The Hall–Kier alpha value is -0.960. The van der Waals surface area contributed by atoms with Crippen LogP contribution in [0.15, 0.2) is 18.3 Å². The van der Waals surface area contributed by atoms with E-state index in [1.54, 1.807) is 6.07 Å². The molecule has 90 valence electrons. The van der Waals surface area contributed by atoms with Gasteiger partial charge >= 0.3 is 0 Å². The van der Waals surface area contributed by atoms with Gasteiger partial charge in [-0.1, -0.05) is 33.6 Å². The normalized spacial score (nSPS) is 15.1. The maximum absolute atomic E-state index is 12.8. The molecule has 0 saturated carbocycles. The van der Waals surface area contributed by atoms with Crippen molar-refractivity contribution in [3.8, 4) is 0 Å². The van der Waals surface area contributed by atoms with E-state index in [0.29, 0.717) is 12.1 Å². The van der Waals surface area contributed by atoms with E-state index in [-0.39, 0.29) is 11.7 Å². The van der Waals surface area contributed by atoms with E-state index in [1.165, 1.54) is 12.3 Å². The summed E-state index contributed by atoms with van der Waals surface area (Å²) in [6.07, 6.45) is 3.54. The quantitative estimate of drug-likeness (QED) is 0.834. The topological polar surface area (TPSA) is 33.1 Å². The van der Waals surface area contributed by atoms with E-state index in [4.69, 9.17) is 0 Å². The maximum Gasteiger partial charge on any atom is 0.141 e. The number of aliphatic hydroxyl groups is 1. The van der Waals surface area contributed by atoms with E-state index in [9.17, 15) is 9.50 Å². The maximum atomic E-state index is 12.8. The van der Waals surface area contributed by atoms with Gasteiger partial charge in [0.2, 0.25) is 0 Å². The first kappa shape index (κ1) is 13.1. The van der Waals surface area contributed by atoms with Gasteiger partial charge in [-0.15, -0.1) is 0 Å². The van der Waals surface area contributed by atoms with Gasteiger partial charge in [0.1, 0.15) is 11.4 Å². The monoisotopic (exact) mass is 225 g/mol. The fraction of sp³-hybridized carbons (Fsp3) is 0.615. The van der Waals surface area contributed by atoms with E-state index >= 15 is 0 Å². The molecule has 0 aliphatic carbocycles. The van der Waals surface area contributed by atoms with Gasteiger partial charge in [0.15, 0.2) is 0 Å². The zero-order valence-electron chi connectivity index (χ0n) is 10.2. The summed E-state index contributed by atoms with van der Waals surface area (Å²) in [4.78, 5) is 4.01. The molecule has 0 amide bonds. The summed E-state index contributed by atoms with van der Waals surface area (Å²) in [5, 5.41) is 10.7. The minimum absolute atomic E-state index is 0.162. The van der Waals surface area contributed by atoms with Crippen LogP contribution >= 0.6 is 0 Å². The highest BCUT2D eigenvalue weighted by atomic mass is 19.1. The average Bonchev–Trinajstić information content (AvgIpc) is 2.31. The second-order valence-electron chi connectivity index (χ2n) is 4.15. The predicted molar refractivity (Wildman–Crippen MR) is 62.5 cm³/mol. The first-order valence-electron chi connectivity index (χ1n) is 5.92. The minimum Gasteiger partial charge on any atom is -0.383 e. The largest absolute Gasteiger partial charge is 0.383 e. The van der Waals surface area contributed by atoms with Crippen LogP contribution in [0.2, 0.25) is 0 Å². The van der Waals surface area contributed by atoms with Crippen LogP contribution in [-0.4, -0.2) is 10.1 Å². The fourth-order valence-corrected chi connectivity index (χ4v) is 2.27. The molecule has 1 aromatic heterocycles. The zero-order chi connectivity index (χ0) is 12.2. The van der Waals surface area contributed by atoms with Crippen molar-refractivity contribution in [2.24, 2.45) is 5.92 Å². The van der Waals surface area contributed by atoms with Crippen molar-refractivity contribution in [3.05, 3.63) is 29.8 Å². The number of aromatic nitrogens is 1. The highest BCUT2D eigenvalue weighted by molar-refractivity contribution is 5.15. The van der Waals surface area contributed by atoms with E-state index in [0.717, 1.165) is 12.8 Å². The molecule has 0 aliphatic rings. The standard InChI is InChI=1S/C13H20FNO/c1-4-10(5-2)13(16,6-3)12-8-7-11(14)9-15-12/h7-10,16H,4-6H2,1-3H3. The summed E-state index contributed by atoms with van der Waals surface area (Å²) in [7, 11) is 0. The second-order valence-corrected chi connectivity index (χ2v) is 4.15. The second kappa shape index (κ2) is 5.39. The number of halogens is 1. The third-order valence-corrected chi connectivity index (χ3v) is 3.37. The van der Waals surface area contributed by atoms with Crippen molar-refractivity contribution in [2.45, 2.75) is 45.6 Å². The van der Waals surface area contributed by atoms with Crippen LogP contribution in [0.25, 0.3) is 0 Å². The molecule has 0 aromatic carbocycles. The summed E-state index contributed by atoms with van der Waals surface area (Å²) in [5.74, 6) is -0.206. The minimum atomic E-state index is -0.933. The summed E-state index contributed by atoms with van der Waals surface area (Å²) >= 11 is 0. The highest BCUT2D eigenvalue weighted by Gasteiger charge is 2.35. The van der Waals surface area contributed by atoms with Gasteiger partial charge in [-0.3, -0.25) is 4.98 Å². The molecule has 3 heteroatoms. The van der Waals surface area contributed by atoms with Gasteiger partial charge in [0, 0.05) is 0 Å². The first-order valence-corrected chi connectivity index (χ1v) is 5.92. The van der Waals surface area contributed by atoms with Crippen LogP contribution in [-0.2, 0) is 5.60 Å². The van der Waals surface area contributed by atoms with E-state index in [1.807, 2.05) is 6.92 Å². The molecule has 0 bridgehead atoms. The molecule has 16 heavy (non-hydrogen) atoms. The molecule has 1 heterocycles. The zero-order valence-corrected chi connectivity index (χ0v) is 10.2. The number of hydrogen-bond donors (Lipinski definition) is 1. The third-order valence-electron chi connectivity index (χ3n) is 3.37. The molecule has 1 rings (SSSR count). The molecule has 1 atom stereocenters. The number of nitrogens with zero attached hydrogens (tertiary/aromatic N) is 1. The van der Waals surface area contributed by atoms with Crippen LogP contribution in [0.1, 0.15) is 45.7 Å². The number of rotatable bonds is 5. The number of pyridine rings is 1. The molecule has 2 nitrogen and oxygen atoms in total. The first-order chi connectivity index (χ1) is 7.58. The van der Waals surface area contributed by atoms with Crippen LogP contribution < -0.4 is 0 Å². The molecule has 0 spiro atoms. The van der Waals surface area contributed by atoms with Gasteiger partial charge < -0.3 is 5.11 Å². The lowest BCUT2D eigenvalue weighted by atomic mass is 9.79. The molecular weight excluding hydrogens is 205 g/mol. The Balaban J connectivity index is 3.08. The lowest BCUT2D eigenvalue weighted by Crippen LogP contribution is -2.35. The summed E-state index contributed by atoms with van der Waals surface area (Å²) in [6.45, 7) is 6.04. The Kier molecular flexibility index (Phi) is 4.42. The third kappa shape index (κ3) is 2.40. The van der Waals surface area contributed by atoms with Crippen molar-refractivity contribution in [2.75, 3.05) is 0 Å². The fourth-order valence-electron chi connectivity index (χ4n) is 2.27. The molecule has 1 unspecified atom stereocenters. The van der Waals surface area contributed by atoms with Crippen molar-refractivity contribution in [1.82, 2.24) is 4.98 Å². The highest BCUT2D eigenvalue weighted by Crippen LogP contribution is 2.35. The van der Waals surface area contributed by atoms with Gasteiger partial charge in [-0.2, -0.15) is 0 Å². The van der Waals surface area contributed by atoms with Crippen molar-refractivity contribution in [1.29, 1.82) is 0 Å². The van der Waals surface area contributed by atoms with E-state index < -0.39 is 5.60 Å². The van der Waals surface area contributed by atoms with Gasteiger partial charge in [-0.25, -0.2) is 4.39 Å². The predicted octanol–water partition coefficient (Wildman–Crippen LogP) is 3.25.